The van der Waals surface area contributed by atoms with Gasteiger partial charge in [0.2, 0.25) is 0 Å². The van der Waals surface area contributed by atoms with E-state index in [9.17, 15) is 9.18 Å². The lowest BCUT2D eigenvalue weighted by atomic mass is 9.99. The summed E-state index contributed by atoms with van der Waals surface area (Å²) in [6.07, 6.45) is 0. The summed E-state index contributed by atoms with van der Waals surface area (Å²) in [6, 6.07) is 9.21. The second kappa shape index (κ2) is 5.41. The normalized spacial score (nSPS) is 10.3. The number of halogens is 2. The van der Waals surface area contributed by atoms with Crippen LogP contribution in [0.3, 0.4) is 0 Å². The predicted octanol–water partition coefficient (Wildman–Crippen LogP) is 4.03. The zero-order valence-corrected chi connectivity index (χ0v) is 11.3. The molecule has 0 unspecified atom stereocenters. The highest BCUT2D eigenvalue weighted by Crippen LogP contribution is 2.24. The largest absolute Gasteiger partial charge is 0.494 e. The summed E-state index contributed by atoms with van der Waals surface area (Å²) in [5, 5.41) is 0.514. The first-order valence-electron chi connectivity index (χ1n) is 5.68. The van der Waals surface area contributed by atoms with Gasteiger partial charge < -0.3 is 4.74 Å². The quantitative estimate of drug-likeness (QED) is 0.793. The lowest BCUT2D eigenvalue weighted by molar-refractivity contribution is 0.103. The van der Waals surface area contributed by atoms with Crippen LogP contribution in [-0.4, -0.2) is 12.9 Å². The van der Waals surface area contributed by atoms with Crippen molar-refractivity contribution in [3.05, 3.63) is 63.9 Å². The maximum absolute atomic E-state index is 13.6. The van der Waals surface area contributed by atoms with Crippen LogP contribution in [0.15, 0.2) is 36.4 Å². The van der Waals surface area contributed by atoms with Crippen molar-refractivity contribution in [2.24, 2.45) is 0 Å². The third-order valence-electron chi connectivity index (χ3n) is 2.93. The highest BCUT2D eigenvalue weighted by Gasteiger charge is 2.15. The van der Waals surface area contributed by atoms with Gasteiger partial charge in [0.05, 0.1) is 7.11 Å². The van der Waals surface area contributed by atoms with E-state index in [-0.39, 0.29) is 17.1 Å². The van der Waals surface area contributed by atoms with Crippen LogP contribution in [0.5, 0.6) is 5.75 Å². The van der Waals surface area contributed by atoms with Crippen molar-refractivity contribution in [1.82, 2.24) is 0 Å². The number of methoxy groups -OCH3 is 1. The van der Waals surface area contributed by atoms with Crippen molar-refractivity contribution in [1.29, 1.82) is 0 Å². The molecule has 0 fully saturated rings. The van der Waals surface area contributed by atoms with E-state index in [2.05, 4.69) is 0 Å². The zero-order valence-electron chi connectivity index (χ0n) is 10.5. The Morgan fingerprint density at radius 1 is 1.26 bits per heavy atom. The lowest BCUT2D eigenvalue weighted by Crippen LogP contribution is -2.05. The lowest BCUT2D eigenvalue weighted by Gasteiger charge is -2.08. The van der Waals surface area contributed by atoms with Crippen LogP contribution in [-0.2, 0) is 0 Å². The molecule has 2 aromatic rings. The van der Waals surface area contributed by atoms with Gasteiger partial charge in [-0.1, -0.05) is 23.7 Å². The molecule has 2 nitrogen and oxygen atoms in total. The Balaban J connectivity index is 2.44. The maximum atomic E-state index is 13.6. The van der Waals surface area contributed by atoms with E-state index in [1.165, 1.54) is 25.3 Å². The van der Waals surface area contributed by atoms with Gasteiger partial charge in [-0.25, -0.2) is 4.39 Å². The molecule has 2 rings (SSSR count). The molecule has 0 radical (unpaired) electrons. The van der Waals surface area contributed by atoms with E-state index < -0.39 is 5.82 Å². The Kier molecular flexibility index (Phi) is 3.86. The summed E-state index contributed by atoms with van der Waals surface area (Å²) in [4.78, 5) is 12.3. The molecule has 0 saturated heterocycles. The van der Waals surface area contributed by atoms with Gasteiger partial charge in [-0.2, -0.15) is 0 Å². The first-order valence-corrected chi connectivity index (χ1v) is 6.05. The minimum Gasteiger partial charge on any atom is -0.494 e. The predicted molar refractivity (Wildman–Crippen MR) is 72.6 cm³/mol. The average molecular weight is 279 g/mol. The number of carbonyl (C=O) groups excluding carboxylic acids is 1. The molecule has 4 heteroatoms. The standard InChI is InChI=1S/C15H12ClFO2/c1-9-11(4-3-5-12(9)16)15(18)10-6-7-14(19-2)13(17)8-10/h3-8H,1-2H3. The summed E-state index contributed by atoms with van der Waals surface area (Å²) in [7, 11) is 1.38. The second-order valence-corrected chi connectivity index (χ2v) is 4.50. The molecule has 0 aromatic heterocycles. The zero-order chi connectivity index (χ0) is 14.0. The smallest absolute Gasteiger partial charge is 0.193 e. The second-order valence-electron chi connectivity index (χ2n) is 4.09. The number of rotatable bonds is 3. The van der Waals surface area contributed by atoms with Crippen molar-refractivity contribution >= 4 is 17.4 Å². The van der Waals surface area contributed by atoms with Crippen LogP contribution in [0.25, 0.3) is 0 Å². The molecule has 0 amide bonds. The molecule has 98 valence electrons. The molecular formula is C15H12ClFO2. The van der Waals surface area contributed by atoms with E-state index in [0.717, 1.165) is 0 Å². The molecular weight excluding hydrogens is 267 g/mol. The van der Waals surface area contributed by atoms with Crippen molar-refractivity contribution in [2.75, 3.05) is 7.11 Å². The minimum atomic E-state index is -0.562. The van der Waals surface area contributed by atoms with E-state index in [1.54, 1.807) is 25.1 Å². The Hall–Kier alpha value is -1.87. The first kappa shape index (κ1) is 13.6. The van der Waals surface area contributed by atoms with Gasteiger partial charge in [0, 0.05) is 16.1 Å². The molecule has 0 aliphatic carbocycles. The monoisotopic (exact) mass is 278 g/mol. The SMILES string of the molecule is COc1ccc(C(=O)c2cccc(Cl)c2C)cc1F. The summed E-state index contributed by atoms with van der Waals surface area (Å²) < 4.78 is 18.4. The highest BCUT2D eigenvalue weighted by molar-refractivity contribution is 6.32. The summed E-state index contributed by atoms with van der Waals surface area (Å²) in [5.74, 6) is -0.714. The molecule has 0 aliphatic heterocycles. The highest BCUT2D eigenvalue weighted by atomic mass is 35.5. The van der Waals surface area contributed by atoms with Crippen LogP contribution >= 0.6 is 11.6 Å². The Labute approximate surface area is 115 Å². The van der Waals surface area contributed by atoms with E-state index in [4.69, 9.17) is 16.3 Å². The number of benzene rings is 2. The summed E-state index contributed by atoms with van der Waals surface area (Å²) in [5.41, 5.74) is 1.42. The van der Waals surface area contributed by atoms with Gasteiger partial charge in [0.15, 0.2) is 17.3 Å². The fourth-order valence-electron chi connectivity index (χ4n) is 1.82. The number of ketones is 1. The van der Waals surface area contributed by atoms with E-state index in [0.29, 0.717) is 16.1 Å². The number of hydrogen-bond acceptors (Lipinski definition) is 2. The Bertz CT molecular complexity index is 638. The fourth-order valence-corrected chi connectivity index (χ4v) is 1.99. The van der Waals surface area contributed by atoms with Gasteiger partial charge in [-0.15, -0.1) is 0 Å². The molecule has 0 heterocycles. The molecule has 2 aromatic carbocycles. The van der Waals surface area contributed by atoms with Gasteiger partial charge in [0.1, 0.15) is 0 Å². The number of hydrogen-bond donors (Lipinski definition) is 0. The number of ether oxygens (including phenoxy) is 1. The van der Waals surface area contributed by atoms with Crippen molar-refractivity contribution < 1.29 is 13.9 Å². The van der Waals surface area contributed by atoms with E-state index in [1.807, 2.05) is 0 Å². The molecule has 0 spiro atoms. The molecule has 0 saturated carbocycles. The van der Waals surface area contributed by atoms with Crippen LogP contribution in [0, 0.1) is 12.7 Å². The van der Waals surface area contributed by atoms with Crippen LogP contribution < -0.4 is 4.74 Å². The average Bonchev–Trinajstić information content (AvgIpc) is 2.41. The minimum absolute atomic E-state index is 0.111. The Morgan fingerprint density at radius 2 is 2.00 bits per heavy atom. The van der Waals surface area contributed by atoms with Gasteiger partial charge in [-0.3, -0.25) is 4.79 Å². The third-order valence-corrected chi connectivity index (χ3v) is 3.34. The molecule has 0 bridgehead atoms. The Morgan fingerprint density at radius 3 is 2.63 bits per heavy atom. The molecule has 0 N–H and O–H groups in total. The van der Waals surface area contributed by atoms with Crippen molar-refractivity contribution in [3.63, 3.8) is 0 Å². The molecule has 0 atom stereocenters. The molecule has 0 aliphatic rings. The van der Waals surface area contributed by atoms with Gasteiger partial charge in [0.25, 0.3) is 0 Å². The van der Waals surface area contributed by atoms with Crippen molar-refractivity contribution in [2.45, 2.75) is 6.92 Å². The summed E-state index contributed by atoms with van der Waals surface area (Å²) in [6.45, 7) is 1.76. The van der Waals surface area contributed by atoms with Gasteiger partial charge >= 0.3 is 0 Å². The molecule has 19 heavy (non-hydrogen) atoms. The van der Waals surface area contributed by atoms with Crippen LogP contribution in [0.1, 0.15) is 21.5 Å². The van der Waals surface area contributed by atoms with Crippen molar-refractivity contribution in [3.8, 4) is 5.75 Å². The van der Waals surface area contributed by atoms with Crippen LogP contribution in [0.4, 0.5) is 4.39 Å². The third kappa shape index (κ3) is 2.61. The summed E-state index contributed by atoms with van der Waals surface area (Å²) >= 11 is 5.98. The topological polar surface area (TPSA) is 26.3 Å². The van der Waals surface area contributed by atoms with Crippen LogP contribution in [0.2, 0.25) is 5.02 Å². The first-order chi connectivity index (χ1) is 9.04. The fraction of sp³-hybridized carbons (Fsp3) is 0.133. The number of carbonyl (C=O) groups is 1. The maximum Gasteiger partial charge on any atom is 0.193 e. The van der Waals surface area contributed by atoms with Gasteiger partial charge in [-0.05, 0) is 36.8 Å². The van der Waals surface area contributed by atoms with E-state index >= 15 is 0 Å².